The van der Waals surface area contributed by atoms with E-state index in [0.717, 1.165) is 13.0 Å². The number of hydrogen-bond donors (Lipinski definition) is 2. The molecule has 158 valence electrons. The van der Waals surface area contributed by atoms with Gasteiger partial charge in [0.15, 0.2) is 16.4 Å². The Hall–Kier alpha value is -3.14. The van der Waals surface area contributed by atoms with Crippen molar-refractivity contribution in [3.63, 3.8) is 0 Å². The standard InChI is InChI=1S/C21H25N5O3S/c1-4-12-29-20-17(14-22)15-24-21(26-20)25-18-7-9-19(10-8-18)30(27,28)13-6-5-11-23-16(2)3/h1,7-10,15-16,23H,5-6,11-13H2,2-3H3,(H,24,25,26). The highest BCUT2D eigenvalue weighted by Gasteiger charge is 2.14. The Bertz CT molecular complexity index is 1020. The van der Waals surface area contributed by atoms with Gasteiger partial charge in [0.25, 0.3) is 0 Å². The molecule has 1 heterocycles. The van der Waals surface area contributed by atoms with Gasteiger partial charge in [0, 0.05) is 11.7 Å². The monoisotopic (exact) mass is 427 g/mol. The molecular formula is C21H25N5O3S. The molecule has 2 N–H and O–H groups in total. The molecule has 1 aromatic heterocycles. The van der Waals surface area contributed by atoms with Gasteiger partial charge in [-0.1, -0.05) is 19.8 Å². The second-order valence-electron chi connectivity index (χ2n) is 6.80. The van der Waals surface area contributed by atoms with Gasteiger partial charge in [-0.3, -0.25) is 0 Å². The lowest BCUT2D eigenvalue weighted by Crippen LogP contribution is -2.24. The van der Waals surface area contributed by atoms with Crippen LogP contribution in [0.1, 0.15) is 32.3 Å². The van der Waals surface area contributed by atoms with Crippen LogP contribution < -0.4 is 15.4 Å². The molecule has 0 aliphatic rings. The highest BCUT2D eigenvalue weighted by Crippen LogP contribution is 2.21. The number of anilines is 2. The summed E-state index contributed by atoms with van der Waals surface area (Å²) in [7, 11) is -3.34. The van der Waals surface area contributed by atoms with E-state index in [-0.39, 0.29) is 34.6 Å². The van der Waals surface area contributed by atoms with Crippen LogP contribution in [0.5, 0.6) is 5.88 Å². The molecule has 0 bridgehead atoms. The molecule has 0 aliphatic carbocycles. The first-order valence-corrected chi connectivity index (χ1v) is 11.2. The van der Waals surface area contributed by atoms with E-state index in [4.69, 9.17) is 16.4 Å². The first kappa shape index (κ1) is 23.1. The van der Waals surface area contributed by atoms with Gasteiger partial charge in [0.1, 0.15) is 11.6 Å². The number of aromatic nitrogens is 2. The maximum Gasteiger partial charge on any atom is 0.237 e. The van der Waals surface area contributed by atoms with Crippen molar-refractivity contribution in [2.24, 2.45) is 0 Å². The summed E-state index contributed by atoms with van der Waals surface area (Å²) in [6, 6.07) is 8.68. The minimum atomic E-state index is -3.34. The summed E-state index contributed by atoms with van der Waals surface area (Å²) in [5.41, 5.74) is 0.767. The summed E-state index contributed by atoms with van der Waals surface area (Å²) in [6.45, 7) is 4.89. The van der Waals surface area contributed by atoms with Gasteiger partial charge in [-0.25, -0.2) is 13.4 Å². The number of nitrogens with zero attached hydrogens (tertiary/aromatic N) is 3. The molecule has 0 saturated carbocycles. The smallest absolute Gasteiger partial charge is 0.237 e. The van der Waals surface area contributed by atoms with Gasteiger partial charge in [0.05, 0.1) is 16.8 Å². The maximum absolute atomic E-state index is 12.5. The van der Waals surface area contributed by atoms with Crippen LogP contribution >= 0.6 is 0 Å². The van der Waals surface area contributed by atoms with Crippen LogP contribution in [0, 0.1) is 23.7 Å². The fraction of sp³-hybridized carbons (Fsp3) is 0.381. The molecule has 0 saturated heterocycles. The van der Waals surface area contributed by atoms with Gasteiger partial charge >= 0.3 is 0 Å². The predicted octanol–water partition coefficient (Wildman–Crippen LogP) is 2.66. The van der Waals surface area contributed by atoms with E-state index in [0.29, 0.717) is 18.2 Å². The first-order chi connectivity index (χ1) is 14.4. The Balaban J connectivity index is 2.00. The van der Waals surface area contributed by atoms with Crippen LogP contribution in [0.15, 0.2) is 35.4 Å². The third kappa shape index (κ3) is 7.03. The lowest BCUT2D eigenvalue weighted by atomic mass is 10.3. The van der Waals surface area contributed by atoms with Gasteiger partial charge in [-0.05, 0) is 43.7 Å². The van der Waals surface area contributed by atoms with Crippen LogP contribution in [0.3, 0.4) is 0 Å². The minimum Gasteiger partial charge on any atom is -0.463 e. The number of hydrogen-bond acceptors (Lipinski definition) is 8. The fourth-order valence-electron chi connectivity index (χ4n) is 2.52. The molecule has 2 rings (SSSR count). The van der Waals surface area contributed by atoms with Gasteiger partial charge in [-0.2, -0.15) is 10.2 Å². The molecule has 9 heteroatoms. The highest BCUT2D eigenvalue weighted by molar-refractivity contribution is 7.91. The van der Waals surface area contributed by atoms with Crippen molar-refractivity contribution >= 4 is 21.5 Å². The number of nitriles is 1. The molecule has 1 aromatic carbocycles. The van der Waals surface area contributed by atoms with E-state index >= 15 is 0 Å². The van der Waals surface area contributed by atoms with Crippen molar-refractivity contribution in [1.82, 2.24) is 15.3 Å². The van der Waals surface area contributed by atoms with Gasteiger partial charge < -0.3 is 15.4 Å². The molecule has 2 aromatic rings. The average Bonchev–Trinajstić information content (AvgIpc) is 2.72. The molecule has 0 atom stereocenters. The zero-order valence-electron chi connectivity index (χ0n) is 17.1. The van der Waals surface area contributed by atoms with E-state index in [1.54, 1.807) is 24.3 Å². The molecule has 0 radical (unpaired) electrons. The minimum absolute atomic E-state index is 0.0226. The number of sulfone groups is 1. The van der Waals surface area contributed by atoms with Crippen LogP contribution in [0.25, 0.3) is 0 Å². The zero-order chi connectivity index (χ0) is 22.0. The van der Waals surface area contributed by atoms with E-state index in [2.05, 4.69) is 40.4 Å². The molecule has 8 nitrogen and oxygen atoms in total. The highest BCUT2D eigenvalue weighted by atomic mass is 32.2. The van der Waals surface area contributed by atoms with Crippen LogP contribution in [0.2, 0.25) is 0 Å². The van der Waals surface area contributed by atoms with E-state index in [1.807, 2.05) is 6.07 Å². The van der Waals surface area contributed by atoms with Gasteiger partial charge in [-0.15, -0.1) is 6.42 Å². The fourth-order valence-corrected chi connectivity index (χ4v) is 3.89. The van der Waals surface area contributed by atoms with Crippen molar-refractivity contribution in [3.05, 3.63) is 36.0 Å². The zero-order valence-corrected chi connectivity index (χ0v) is 17.9. The number of nitrogens with one attached hydrogen (secondary N) is 2. The first-order valence-electron chi connectivity index (χ1n) is 9.52. The third-order valence-corrected chi connectivity index (χ3v) is 5.84. The van der Waals surface area contributed by atoms with Gasteiger partial charge in [0.2, 0.25) is 11.8 Å². The Morgan fingerprint density at radius 1 is 1.23 bits per heavy atom. The van der Waals surface area contributed by atoms with E-state index < -0.39 is 9.84 Å². The van der Waals surface area contributed by atoms with Crippen molar-refractivity contribution < 1.29 is 13.2 Å². The average molecular weight is 428 g/mol. The Morgan fingerprint density at radius 2 is 1.97 bits per heavy atom. The largest absolute Gasteiger partial charge is 0.463 e. The normalized spacial score (nSPS) is 11.0. The third-order valence-electron chi connectivity index (χ3n) is 4.03. The second kappa shape index (κ2) is 11.1. The summed E-state index contributed by atoms with van der Waals surface area (Å²) in [5, 5.41) is 15.3. The van der Waals surface area contributed by atoms with E-state index in [1.165, 1.54) is 6.20 Å². The number of benzene rings is 1. The lowest BCUT2D eigenvalue weighted by molar-refractivity contribution is 0.354. The SMILES string of the molecule is C#CCOc1nc(Nc2ccc(S(=O)(=O)CCCCNC(C)C)cc2)ncc1C#N. The predicted molar refractivity (Wildman–Crippen MR) is 115 cm³/mol. The number of rotatable bonds is 11. The van der Waals surface area contributed by atoms with Crippen molar-refractivity contribution in [1.29, 1.82) is 5.26 Å². The lowest BCUT2D eigenvalue weighted by Gasteiger charge is -2.10. The number of unbranched alkanes of at least 4 members (excludes halogenated alkanes) is 1. The van der Waals surface area contributed by atoms with Crippen molar-refractivity contribution in [2.45, 2.75) is 37.6 Å². The van der Waals surface area contributed by atoms with Crippen LogP contribution in [0.4, 0.5) is 11.6 Å². The quantitative estimate of drug-likeness (QED) is 0.415. The maximum atomic E-state index is 12.5. The Labute approximate surface area is 177 Å². The van der Waals surface area contributed by atoms with Crippen LogP contribution in [-0.4, -0.2) is 43.3 Å². The molecule has 0 unspecified atom stereocenters. The molecular weight excluding hydrogens is 402 g/mol. The summed E-state index contributed by atoms with van der Waals surface area (Å²) >= 11 is 0. The Morgan fingerprint density at radius 3 is 2.60 bits per heavy atom. The molecule has 0 spiro atoms. The Kier molecular flexibility index (Phi) is 8.60. The second-order valence-corrected chi connectivity index (χ2v) is 8.91. The number of terminal acetylenes is 1. The summed E-state index contributed by atoms with van der Waals surface area (Å²) in [6.07, 6.45) is 7.90. The number of ether oxygens (including phenoxy) is 1. The topological polar surface area (TPSA) is 117 Å². The summed E-state index contributed by atoms with van der Waals surface area (Å²) in [4.78, 5) is 8.45. The molecule has 30 heavy (non-hydrogen) atoms. The van der Waals surface area contributed by atoms with E-state index in [9.17, 15) is 8.42 Å². The summed E-state index contributed by atoms with van der Waals surface area (Å²) in [5.74, 6) is 2.70. The molecule has 0 amide bonds. The molecule has 0 fully saturated rings. The summed E-state index contributed by atoms with van der Waals surface area (Å²) < 4.78 is 30.2. The van der Waals surface area contributed by atoms with Crippen LogP contribution in [-0.2, 0) is 9.84 Å². The molecule has 0 aliphatic heterocycles. The van der Waals surface area contributed by atoms with Crippen molar-refractivity contribution in [2.75, 3.05) is 24.2 Å². The van der Waals surface area contributed by atoms with Crippen molar-refractivity contribution in [3.8, 4) is 24.3 Å².